The molecule has 0 heterocycles. The average molecular weight is 300 g/mol. The lowest BCUT2D eigenvalue weighted by molar-refractivity contribution is -0.109. The Morgan fingerprint density at radius 1 is 1.41 bits per heavy atom. The van der Waals surface area contributed by atoms with Gasteiger partial charge in [-0.15, -0.1) is 0 Å². The van der Waals surface area contributed by atoms with Crippen molar-refractivity contribution < 1.29 is 9.59 Å². The van der Waals surface area contributed by atoms with Crippen molar-refractivity contribution in [1.82, 2.24) is 10.6 Å². The smallest absolute Gasteiger partial charge is 0.253 e. The number of carbonyl (C=O) groups excluding carboxylic acids is 2. The summed E-state index contributed by atoms with van der Waals surface area (Å²) in [5.74, 6) is -0.213. The van der Waals surface area contributed by atoms with E-state index in [1.807, 2.05) is 0 Å². The summed E-state index contributed by atoms with van der Waals surface area (Å²) in [6, 6.07) is 5.20. The highest BCUT2D eigenvalue weighted by atomic mass is 79.9. The zero-order valence-electron chi connectivity index (χ0n) is 9.20. The van der Waals surface area contributed by atoms with Crippen LogP contribution in [0.15, 0.2) is 22.7 Å². The summed E-state index contributed by atoms with van der Waals surface area (Å²) in [5.41, 5.74) is 6.64. The Hall–Kier alpha value is -1.56. The Morgan fingerprint density at radius 2 is 2.18 bits per heavy atom. The summed E-state index contributed by atoms with van der Waals surface area (Å²) in [6.07, 6.45) is 1.31. The maximum Gasteiger partial charge on any atom is 0.253 e. The molecule has 2 amide bonds. The number of nitrogen functional groups attached to an aromatic ring is 1. The van der Waals surface area contributed by atoms with Crippen LogP contribution in [0.25, 0.3) is 0 Å². The topological polar surface area (TPSA) is 84.2 Å². The molecule has 4 N–H and O–H groups in total. The molecule has 0 spiro atoms. The molecule has 0 aromatic heterocycles. The fourth-order valence-electron chi connectivity index (χ4n) is 1.28. The van der Waals surface area contributed by atoms with E-state index < -0.39 is 0 Å². The molecule has 1 rings (SSSR count). The molecule has 6 heteroatoms. The Kier molecular flexibility index (Phi) is 5.48. The van der Waals surface area contributed by atoms with Gasteiger partial charge in [-0.1, -0.05) is 6.07 Å². The number of rotatable bonds is 6. The molecule has 0 radical (unpaired) electrons. The van der Waals surface area contributed by atoms with E-state index in [0.29, 0.717) is 41.6 Å². The van der Waals surface area contributed by atoms with Crippen molar-refractivity contribution in [2.24, 2.45) is 0 Å². The number of carbonyl (C=O) groups is 2. The molecule has 0 aliphatic carbocycles. The predicted octanol–water partition coefficient (Wildman–Crippen LogP) is 0.897. The summed E-state index contributed by atoms with van der Waals surface area (Å²) in [6.45, 7) is 1.03. The van der Waals surface area contributed by atoms with Crippen LogP contribution < -0.4 is 16.4 Å². The molecule has 1 aromatic rings. The van der Waals surface area contributed by atoms with Gasteiger partial charge in [-0.05, 0) is 34.5 Å². The van der Waals surface area contributed by atoms with E-state index in [1.54, 1.807) is 18.2 Å². The highest BCUT2D eigenvalue weighted by Crippen LogP contribution is 2.22. The van der Waals surface area contributed by atoms with E-state index in [0.717, 1.165) is 0 Å². The Balaban J connectivity index is 2.47. The lowest BCUT2D eigenvalue weighted by Gasteiger charge is -2.08. The Morgan fingerprint density at radius 3 is 2.88 bits per heavy atom. The highest BCUT2D eigenvalue weighted by Gasteiger charge is 2.10. The summed E-state index contributed by atoms with van der Waals surface area (Å²) < 4.78 is 0.702. The maximum absolute atomic E-state index is 11.7. The molecule has 17 heavy (non-hydrogen) atoms. The molecule has 0 bridgehead atoms. The summed E-state index contributed by atoms with van der Waals surface area (Å²) in [4.78, 5) is 21.7. The first kappa shape index (κ1) is 13.5. The van der Waals surface area contributed by atoms with Crippen molar-refractivity contribution in [3.05, 3.63) is 28.2 Å². The normalized spacial score (nSPS) is 9.71. The second-order valence-electron chi connectivity index (χ2n) is 3.38. The SMILES string of the molecule is Nc1c(Br)cccc1C(=O)NCCCNC=O. The predicted molar refractivity (Wildman–Crippen MR) is 69.6 cm³/mol. The lowest BCUT2D eigenvalue weighted by Crippen LogP contribution is -2.27. The monoisotopic (exact) mass is 299 g/mol. The lowest BCUT2D eigenvalue weighted by atomic mass is 10.1. The highest BCUT2D eigenvalue weighted by molar-refractivity contribution is 9.10. The molecular formula is C11H14BrN3O2. The van der Waals surface area contributed by atoms with Gasteiger partial charge in [0.15, 0.2) is 0 Å². The zero-order chi connectivity index (χ0) is 12.7. The van der Waals surface area contributed by atoms with Gasteiger partial charge < -0.3 is 16.4 Å². The van der Waals surface area contributed by atoms with E-state index in [2.05, 4.69) is 26.6 Å². The second kappa shape index (κ2) is 6.90. The first-order valence-electron chi connectivity index (χ1n) is 5.16. The van der Waals surface area contributed by atoms with Crippen molar-refractivity contribution in [3.63, 3.8) is 0 Å². The van der Waals surface area contributed by atoms with Gasteiger partial charge in [0.05, 0.1) is 11.3 Å². The van der Waals surface area contributed by atoms with Gasteiger partial charge in [0.25, 0.3) is 5.91 Å². The quantitative estimate of drug-likeness (QED) is 0.414. The zero-order valence-corrected chi connectivity index (χ0v) is 10.8. The molecule has 0 unspecified atom stereocenters. The number of benzene rings is 1. The number of nitrogens with two attached hydrogens (primary N) is 1. The van der Waals surface area contributed by atoms with E-state index in [1.165, 1.54) is 0 Å². The maximum atomic E-state index is 11.7. The first-order valence-corrected chi connectivity index (χ1v) is 5.95. The van der Waals surface area contributed by atoms with Crippen LogP contribution in [0.3, 0.4) is 0 Å². The minimum atomic E-state index is -0.213. The molecule has 0 aliphatic rings. The van der Waals surface area contributed by atoms with Gasteiger partial charge in [-0.3, -0.25) is 9.59 Å². The minimum Gasteiger partial charge on any atom is -0.397 e. The summed E-state index contributed by atoms with van der Waals surface area (Å²) >= 11 is 3.26. The van der Waals surface area contributed by atoms with Gasteiger partial charge in [0.2, 0.25) is 6.41 Å². The van der Waals surface area contributed by atoms with Crippen LogP contribution in [0, 0.1) is 0 Å². The third-order valence-corrected chi connectivity index (χ3v) is 2.86. The Labute approximate surface area is 108 Å². The fraction of sp³-hybridized carbons (Fsp3) is 0.273. The number of hydrogen-bond donors (Lipinski definition) is 3. The molecule has 92 valence electrons. The third kappa shape index (κ3) is 4.07. The van der Waals surface area contributed by atoms with E-state index >= 15 is 0 Å². The first-order chi connectivity index (χ1) is 8.16. The van der Waals surface area contributed by atoms with Gasteiger partial charge in [0.1, 0.15) is 0 Å². The van der Waals surface area contributed by atoms with Crippen LogP contribution in [-0.2, 0) is 4.79 Å². The van der Waals surface area contributed by atoms with Crippen molar-refractivity contribution in [2.75, 3.05) is 18.8 Å². The number of anilines is 1. The molecule has 1 aromatic carbocycles. The number of hydrogen-bond acceptors (Lipinski definition) is 3. The van der Waals surface area contributed by atoms with Crippen LogP contribution in [0.2, 0.25) is 0 Å². The standard InChI is InChI=1S/C11H14BrN3O2/c12-9-4-1-3-8(10(9)13)11(17)15-6-2-5-14-7-16/h1,3-4,7H,2,5-6,13H2,(H,14,16)(H,15,17). The molecule has 5 nitrogen and oxygen atoms in total. The molecule has 0 saturated heterocycles. The van der Waals surface area contributed by atoms with Gasteiger partial charge in [0, 0.05) is 17.6 Å². The Bertz CT molecular complexity index is 410. The van der Waals surface area contributed by atoms with E-state index in [-0.39, 0.29) is 5.91 Å². The summed E-state index contributed by atoms with van der Waals surface area (Å²) in [7, 11) is 0. The molecule has 0 aliphatic heterocycles. The number of para-hydroxylation sites is 1. The van der Waals surface area contributed by atoms with Gasteiger partial charge in [-0.25, -0.2) is 0 Å². The van der Waals surface area contributed by atoms with E-state index in [4.69, 9.17) is 5.73 Å². The van der Waals surface area contributed by atoms with Gasteiger partial charge >= 0.3 is 0 Å². The number of amides is 2. The third-order valence-electron chi connectivity index (χ3n) is 2.16. The second-order valence-corrected chi connectivity index (χ2v) is 4.24. The molecule has 0 saturated carbocycles. The summed E-state index contributed by atoms with van der Waals surface area (Å²) in [5, 5.41) is 5.25. The van der Waals surface area contributed by atoms with Crippen LogP contribution in [0.5, 0.6) is 0 Å². The largest absolute Gasteiger partial charge is 0.397 e. The van der Waals surface area contributed by atoms with Crippen molar-refractivity contribution in [2.45, 2.75) is 6.42 Å². The fourth-order valence-corrected chi connectivity index (χ4v) is 1.65. The van der Waals surface area contributed by atoms with Crippen molar-refractivity contribution in [1.29, 1.82) is 0 Å². The van der Waals surface area contributed by atoms with Crippen LogP contribution >= 0.6 is 15.9 Å². The minimum absolute atomic E-state index is 0.213. The number of halogens is 1. The molecule has 0 atom stereocenters. The molecular weight excluding hydrogens is 286 g/mol. The van der Waals surface area contributed by atoms with Gasteiger partial charge in [-0.2, -0.15) is 0 Å². The van der Waals surface area contributed by atoms with Crippen LogP contribution in [0.1, 0.15) is 16.8 Å². The van der Waals surface area contributed by atoms with Crippen molar-refractivity contribution >= 4 is 33.9 Å². The van der Waals surface area contributed by atoms with Crippen LogP contribution in [-0.4, -0.2) is 25.4 Å². The number of nitrogens with one attached hydrogen (secondary N) is 2. The van der Waals surface area contributed by atoms with E-state index in [9.17, 15) is 9.59 Å². The average Bonchev–Trinajstić information content (AvgIpc) is 2.32. The van der Waals surface area contributed by atoms with Crippen molar-refractivity contribution in [3.8, 4) is 0 Å². The van der Waals surface area contributed by atoms with Crippen LogP contribution in [0.4, 0.5) is 5.69 Å². The molecule has 0 fully saturated rings.